The van der Waals surface area contributed by atoms with Crippen molar-refractivity contribution in [2.45, 2.75) is 25.5 Å². The van der Waals surface area contributed by atoms with Gasteiger partial charge in [-0.05, 0) is 42.7 Å². The van der Waals surface area contributed by atoms with E-state index in [9.17, 15) is 4.79 Å². The molecule has 0 spiro atoms. The molecule has 6 nitrogen and oxygen atoms in total. The van der Waals surface area contributed by atoms with Crippen molar-refractivity contribution in [3.8, 4) is 11.5 Å². The van der Waals surface area contributed by atoms with Crippen molar-refractivity contribution in [1.29, 1.82) is 0 Å². The highest BCUT2D eigenvalue weighted by atomic mass is 16.5. The number of pyridine rings is 1. The van der Waals surface area contributed by atoms with Crippen LogP contribution in [0.25, 0.3) is 6.08 Å². The normalized spacial score (nSPS) is 23.0. The maximum Gasteiger partial charge on any atom is 0.231 e. The highest BCUT2D eigenvalue weighted by Gasteiger charge is 2.34. The lowest BCUT2D eigenvalue weighted by atomic mass is 10.0. The summed E-state index contributed by atoms with van der Waals surface area (Å²) in [6.45, 7) is 2.88. The first-order valence-corrected chi connectivity index (χ1v) is 9.25. The Morgan fingerprint density at radius 3 is 3.07 bits per heavy atom. The van der Waals surface area contributed by atoms with Crippen LogP contribution in [0.5, 0.6) is 11.5 Å². The number of rotatable bonds is 3. The molecule has 0 amide bonds. The minimum atomic E-state index is -0.104. The second kappa shape index (κ2) is 6.79. The van der Waals surface area contributed by atoms with E-state index in [-0.39, 0.29) is 11.9 Å². The quantitative estimate of drug-likeness (QED) is 0.781. The molecule has 4 heterocycles. The summed E-state index contributed by atoms with van der Waals surface area (Å²) in [5, 5.41) is 0. The average molecular weight is 364 g/mol. The number of hydrogen-bond acceptors (Lipinski definition) is 6. The van der Waals surface area contributed by atoms with Gasteiger partial charge in [0.2, 0.25) is 5.78 Å². The van der Waals surface area contributed by atoms with Gasteiger partial charge in [0.05, 0.1) is 17.2 Å². The zero-order valence-electron chi connectivity index (χ0n) is 14.9. The highest BCUT2D eigenvalue weighted by molar-refractivity contribution is 6.15. The second-order valence-corrected chi connectivity index (χ2v) is 7.07. The zero-order valence-corrected chi connectivity index (χ0v) is 14.9. The van der Waals surface area contributed by atoms with Crippen LogP contribution in [0.1, 0.15) is 34.3 Å². The lowest BCUT2D eigenvalue weighted by Crippen LogP contribution is -2.37. The minimum Gasteiger partial charge on any atom is -0.478 e. The van der Waals surface area contributed by atoms with Crippen LogP contribution in [0.2, 0.25) is 0 Å². The Balaban J connectivity index is 1.42. The molecule has 0 aliphatic carbocycles. The van der Waals surface area contributed by atoms with Crippen LogP contribution < -0.4 is 9.47 Å². The summed E-state index contributed by atoms with van der Waals surface area (Å²) in [6, 6.07) is 7.38. The summed E-state index contributed by atoms with van der Waals surface area (Å²) in [5.41, 5.74) is 2.35. The van der Waals surface area contributed by atoms with Gasteiger partial charge >= 0.3 is 0 Å². The standard InChI is InChI=1S/C21H20N2O4/c24-20-16-5-6-18-17(12-23(13-26-18)11-15-4-2-8-25-15)21(16)27-19(20)9-14-3-1-7-22-10-14/h1,3,5-7,9-10,15H,2,4,8,11-13H2/b19-9-. The van der Waals surface area contributed by atoms with E-state index in [2.05, 4.69) is 9.88 Å². The Bertz CT molecular complexity index is 904. The van der Waals surface area contributed by atoms with E-state index in [0.29, 0.717) is 30.3 Å². The third-order valence-electron chi connectivity index (χ3n) is 5.15. The van der Waals surface area contributed by atoms with Gasteiger partial charge in [-0.2, -0.15) is 0 Å². The Morgan fingerprint density at radius 1 is 1.30 bits per heavy atom. The molecule has 1 saturated heterocycles. The third kappa shape index (κ3) is 3.11. The minimum absolute atomic E-state index is 0.104. The van der Waals surface area contributed by atoms with Crippen LogP contribution in [-0.4, -0.2) is 41.7 Å². The predicted octanol–water partition coefficient (Wildman–Crippen LogP) is 3.03. The fourth-order valence-electron chi connectivity index (χ4n) is 3.81. The van der Waals surface area contributed by atoms with Gasteiger partial charge in [0.25, 0.3) is 0 Å². The van der Waals surface area contributed by atoms with Gasteiger partial charge in [-0.15, -0.1) is 0 Å². The molecular formula is C21H20N2O4. The summed E-state index contributed by atoms with van der Waals surface area (Å²) < 4.78 is 17.6. The van der Waals surface area contributed by atoms with Crippen LogP contribution in [0.3, 0.4) is 0 Å². The number of Topliss-reactive ketones (excluding diaryl/α,β-unsaturated/α-hetero) is 1. The zero-order chi connectivity index (χ0) is 18.2. The van der Waals surface area contributed by atoms with Crippen molar-refractivity contribution in [3.63, 3.8) is 0 Å². The van der Waals surface area contributed by atoms with Gasteiger partial charge in [-0.25, -0.2) is 0 Å². The molecule has 1 aromatic carbocycles. The number of carbonyl (C=O) groups is 1. The molecule has 6 heteroatoms. The predicted molar refractivity (Wildman–Crippen MR) is 98.5 cm³/mol. The number of ketones is 1. The number of benzene rings is 1. The van der Waals surface area contributed by atoms with Crippen molar-refractivity contribution >= 4 is 11.9 Å². The topological polar surface area (TPSA) is 60.9 Å². The Hall–Kier alpha value is -2.70. The molecular weight excluding hydrogens is 344 g/mol. The van der Waals surface area contributed by atoms with Gasteiger partial charge < -0.3 is 14.2 Å². The van der Waals surface area contributed by atoms with Gasteiger partial charge in [-0.1, -0.05) is 6.07 Å². The Labute approximate surface area is 157 Å². The average Bonchev–Trinajstić information content (AvgIpc) is 3.31. The number of ether oxygens (including phenoxy) is 3. The first-order valence-electron chi connectivity index (χ1n) is 9.25. The van der Waals surface area contributed by atoms with Gasteiger partial charge in [0, 0.05) is 32.1 Å². The van der Waals surface area contributed by atoms with Crippen molar-refractivity contribution in [1.82, 2.24) is 9.88 Å². The maximum absolute atomic E-state index is 12.8. The smallest absolute Gasteiger partial charge is 0.231 e. The lowest BCUT2D eigenvalue weighted by molar-refractivity contribution is 0.0274. The van der Waals surface area contributed by atoms with Gasteiger partial charge in [-0.3, -0.25) is 14.7 Å². The first-order chi connectivity index (χ1) is 13.3. The monoisotopic (exact) mass is 364 g/mol. The van der Waals surface area contributed by atoms with Crippen molar-refractivity contribution in [2.24, 2.45) is 0 Å². The molecule has 0 radical (unpaired) electrons. The van der Waals surface area contributed by atoms with E-state index in [1.165, 1.54) is 0 Å². The molecule has 1 atom stereocenters. The lowest BCUT2D eigenvalue weighted by Gasteiger charge is -2.31. The third-order valence-corrected chi connectivity index (χ3v) is 5.15. The number of fused-ring (bicyclic) bond motifs is 3. The van der Waals surface area contributed by atoms with E-state index < -0.39 is 0 Å². The van der Waals surface area contributed by atoms with E-state index in [4.69, 9.17) is 14.2 Å². The molecule has 0 saturated carbocycles. The van der Waals surface area contributed by atoms with Crippen molar-refractivity contribution in [3.05, 3.63) is 59.1 Å². The molecule has 0 bridgehead atoms. The van der Waals surface area contributed by atoms with Gasteiger partial charge in [0.1, 0.15) is 18.2 Å². The fraction of sp³-hybridized carbons (Fsp3) is 0.333. The Morgan fingerprint density at radius 2 is 2.26 bits per heavy atom. The molecule has 1 aromatic heterocycles. The highest BCUT2D eigenvalue weighted by Crippen LogP contribution is 2.42. The number of nitrogens with zero attached hydrogens (tertiary/aromatic N) is 2. The summed E-state index contributed by atoms with van der Waals surface area (Å²) in [6.07, 6.45) is 7.60. The molecule has 1 fully saturated rings. The summed E-state index contributed by atoms with van der Waals surface area (Å²) in [5.74, 6) is 1.62. The summed E-state index contributed by atoms with van der Waals surface area (Å²) in [7, 11) is 0. The largest absolute Gasteiger partial charge is 0.478 e. The second-order valence-electron chi connectivity index (χ2n) is 7.07. The number of allylic oxidation sites excluding steroid dienone is 1. The van der Waals surface area contributed by atoms with E-state index in [1.807, 2.05) is 18.2 Å². The van der Waals surface area contributed by atoms with Crippen LogP contribution in [-0.2, 0) is 11.3 Å². The van der Waals surface area contributed by atoms with Crippen LogP contribution in [0.15, 0.2) is 42.4 Å². The van der Waals surface area contributed by atoms with Crippen molar-refractivity contribution in [2.75, 3.05) is 19.9 Å². The molecule has 2 aromatic rings. The van der Waals surface area contributed by atoms with Crippen molar-refractivity contribution < 1.29 is 19.0 Å². The number of hydrogen-bond donors (Lipinski definition) is 0. The van der Waals surface area contributed by atoms with Crippen LogP contribution in [0.4, 0.5) is 0 Å². The fourth-order valence-corrected chi connectivity index (χ4v) is 3.81. The molecule has 5 rings (SSSR count). The summed E-state index contributed by atoms with van der Waals surface area (Å²) >= 11 is 0. The molecule has 0 N–H and O–H groups in total. The van der Waals surface area contributed by atoms with E-state index in [1.54, 1.807) is 24.5 Å². The van der Waals surface area contributed by atoms with Gasteiger partial charge in [0.15, 0.2) is 5.76 Å². The summed E-state index contributed by atoms with van der Waals surface area (Å²) in [4.78, 5) is 19.0. The SMILES string of the molecule is O=C1/C(=C/c2cccnc2)Oc2c1ccc1c2CN(CC2CCCO2)CO1. The molecule has 138 valence electrons. The Kier molecular flexibility index (Phi) is 4.14. The molecule has 3 aliphatic heterocycles. The molecule has 3 aliphatic rings. The van der Waals surface area contributed by atoms with E-state index >= 15 is 0 Å². The number of aromatic nitrogens is 1. The van der Waals surface area contributed by atoms with E-state index in [0.717, 1.165) is 42.9 Å². The number of carbonyl (C=O) groups excluding carboxylic acids is 1. The van der Waals surface area contributed by atoms with Crippen LogP contribution >= 0.6 is 0 Å². The van der Waals surface area contributed by atoms with Crippen LogP contribution in [0, 0.1) is 0 Å². The maximum atomic E-state index is 12.8. The molecule has 27 heavy (non-hydrogen) atoms. The molecule has 1 unspecified atom stereocenters. The first kappa shape index (κ1) is 16.5.